The van der Waals surface area contributed by atoms with Crippen molar-refractivity contribution in [1.29, 1.82) is 0 Å². The normalized spacial score (nSPS) is 16.2. The number of guanidine groups is 1. The molecule has 0 bridgehead atoms. The molecule has 1 aromatic rings. The summed E-state index contributed by atoms with van der Waals surface area (Å²) in [7, 11) is 3.54. The van der Waals surface area contributed by atoms with Crippen molar-refractivity contribution in [3.05, 3.63) is 29.8 Å². The van der Waals surface area contributed by atoms with Gasteiger partial charge in [-0.1, -0.05) is 19.1 Å². The minimum atomic E-state index is 0. The molecule has 1 aliphatic rings. The molecule has 2 N–H and O–H groups in total. The lowest BCUT2D eigenvalue weighted by molar-refractivity contribution is 0.178. The first kappa shape index (κ1) is 22.0. The SMILES string of the molecule is CCCNC(=NC)NCC1CCN(Cc2ccc(OC)cc2)CC1.I. The minimum absolute atomic E-state index is 0. The van der Waals surface area contributed by atoms with Crippen LogP contribution in [0.4, 0.5) is 0 Å². The Morgan fingerprint density at radius 3 is 2.44 bits per heavy atom. The molecule has 0 aromatic heterocycles. The Hall–Kier alpha value is -1.02. The van der Waals surface area contributed by atoms with Gasteiger partial charge in [-0.2, -0.15) is 0 Å². The maximum Gasteiger partial charge on any atom is 0.190 e. The molecule has 5 nitrogen and oxygen atoms in total. The highest BCUT2D eigenvalue weighted by molar-refractivity contribution is 14.0. The van der Waals surface area contributed by atoms with Gasteiger partial charge in [-0.15, -0.1) is 24.0 Å². The Bertz CT molecular complexity index is 499. The maximum atomic E-state index is 5.22. The van der Waals surface area contributed by atoms with Crippen molar-refractivity contribution >= 4 is 29.9 Å². The van der Waals surface area contributed by atoms with E-state index in [-0.39, 0.29) is 24.0 Å². The summed E-state index contributed by atoms with van der Waals surface area (Å²) in [5.74, 6) is 2.59. The average Bonchev–Trinajstić information content (AvgIpc) is 2.64. The van der Waals surface area contributed by atoms with Crippen molar-refractivity contribution in [2.45, 2.75) is 32.7 Å². The molecule has 25 heavy (non-hydrogen) atoms. The van der Waals surface area contributed by atoms with Crippen LogP contribution in [0, 0.1) is 5.92 Å². The molecular weight excluding hydrogens is 427 g/mol. The Morgan fingerprint density at radius 1 is 1.20 bits per heavy atom. The molecule has 1 saturated heterocycles. The fourth-order valence-corrected chi connectivity index (χ4v) is 3.04. The molecule has 142 valence electrons. The highest BCUT2D eigenvalue weighted by Gasteiger charge is 2.19. The lowest BCUT2D eigenvalue weighted by atomic mass is 9.96. The van der Waals surface area contributed by atoms with E-state index in [1.165, 1.54) is 31.5 Å². The van der Waals surface area contributed by atoms with Crippen LogP contribution < -0.4 is 15.4 Å². The summed E-state index contributed by atoms with van der Waals surface area (Å²) in [5.41, 5.74) is 1.36. The van der Waals surface area contributed by atoms with Crippen LogP contribution in [-0.2, 0) is 6.54 Å². The quantitative estimate of drug-likeness (QED) is 0.373. The predicted octanol–water partition coefficient (Wildman–Crippen LogP) is 3.10. The van der Waals surface area contributed by atoms with Gasteiger partial charge in [0.15, 0.2) is 5.96 Å². The van der Waals surface area contributed by atoms with Gasteiger partial charge in [0.05, 0.1) is 7.11 Å². The monoisotopic (exact) mass is 460 g/mol. The van der Waals surface area contributed by atoms with E-state index in [0.717, 1.165) is 43.7 Å². The van der Waals surface area contributed by atoms with E-state index in [0.29, 0.717) is 0 Å². The lowest BCUT2D eigenvalue weighted by Crippen LogP contribution is -2.42. The number of ether oxygens (including phenoxy) is 1. The van der Waals surface area contributed by atoms with Crippen molar-refractivity contribution < 1.29 is 4.74 Å². The number of hydrogen-bond donors (Lipinski definition) is 2. The average molecular weight is 460 g/mol. The molecule has 1 fully saturated rings. The summed E-state index contributed by atoms with van der Waals surface area (Å²) >= 11 is 0. The smallest absolute Gasteiger partial charge is 0.190 e. The summed E-state index contributed by atoms with van der Waals surface area (Å²) in [5, 5.41) is 6.79. The number of piperidine rings is 1. The third-order valence-corrected chi connectivity index (χ3v) is 4.60. The van der Waals surface area contributed by atoms with Crippen LogP contribution in [0.15, 0.2) is 29.3 Å². The van der Waals surface area contributed by atoms with E-state index >= 15 is 0 Å². The second kappa shape index (κ2) is 12.4. The van der Waals surface area contributed by atoms with Gasteiger partial charge >= 0.3 is 0 Å². The third-order valence-electron chi connectivity index (χ3n) is 4.60. The van der Waals surface area contributed by atoms with E-state index in [1.54, 1.807) is 7.11 Å². The van der Waals surface area contributed by atoms with Crippen molar-refractivity contribution in [2.24, 2.45) is 10.9 Å². The van der Waals surface area contributed by atoms with Gasteiger partial charge in [-0.05, 0) is 56.0 Å². The number of rotatable bonds is 7. The van der Waals surface area contributed by atoms with Crippen molar-refractivity contribution in [3.8, 4) is 5.75 Å². The Balaban J connectivity index is 0.00000312. The van der Waals surface area contributed by atoms with Gasteiger partial charge < -0.3 is 15.4 Å². The van der Waals surface area contributed by atoms with Crippen molar-refractivity contribution in [2.75, 3.05) is 40.3 Å². The Labute approximate surface area is 169 Å². The first-order valence-corrected chi connectivity index (χ1v) is 9.05. The number of likely N-dealkylation sites (tertiary alicyclic amines) is 1. The highest BCUT2D eigenvalue weighted by Crippen LogP contribution is 2.19. The van der Waals surface area contributed by atoms with Gasteiger partial charge in [0.1, 0.15) is 5.75 Å². The highest BCUT2D eigenvalue weighted by atomic mass is 127. The fourth-order valence-electron chi connectivity index (χ4n) is 3.04. The fraction of sp³-hybridized carbons (Fsp3) is 0.632. The summed E-state index contributed by atoms with van der Waals surface area (Å²) in [6.45, 7) is 7.52. The number of nitrogens with one attached hydrogen (secondary N) is 2. The molecule has 0 radical (unpaired) electrons. The van der Waals surface area contributed by atoms with Gasteiger partial charge in [-0.25, -0.2) is 0 Å². The van der Waals surface area contributed by atoms with E-state index in [4.69, 9.17) is 4.74 Å². The van der Waals surface area contributed by atoms with Crippen LogP contribution in [0.5, 0.6) is 5.75 Å². The minimum Gasteiger partial charge on any atom is -0.497 e. The number of halogens is 1. The molecule has 0 unspecified atom stereocenters. The molecular formula is C19H33IN4O. The van der Waals surface area contributed by atoms with Gasteiger partial charge in [0.25, 0.3) is 0 Å². The second-order valence-electron chi connectivity index (χ2n) is 6.45. The molecule has 1 aromatic carbocycles. The molecule has 6 heteroatoms. The van der Waals surface area contributed by atoms with Crippen LogP contribution in [0.2, 0.25) is 0 Å². The van der Waals surface area contributed by atoms with Gasteiger partial charge in [0, 0.05) is 26.7 Å². The zero-order valence-electron chi connectivity index (χ0n) is 15.8. The number of methoxy groups -OCH3 is 1. The van der Waals surface area contributed by atoms with Crippen molar-refractivity contribution in [3.63, 3.8) is 0 Å². The molecule has 1 heterocycles. The molecule has 0 saturated carbocycles. The molecule has 0 atom stereocenters. The lowest BCUT2D eigenvalue weighted by Gasteiger charge is -2.32. The van der Waals surface area contributed by atoms with Crippen LogP contribution in [0.3, 0.4) is 0 Å². The molecule has 2 rings (SSSR count). The summed E-state index contributed by atoms with van der Waals surface area (Å²) in [6.07, 6.45) is 3.60. The summed E-state index contributed by atoms with van der Waals surface area (Å²) < 4.78 is 5.22. The second-order valence-corrected chi connectivity index (χ2v) is 6.45. The van der Waals surface area contributed by atoms with Crippen LogP contribution in [-0.4, -0.2) is 51.2 Å². The first-order valence-electron chi connectivity index (χ1n) is 9.05. The zero-order chi connectivity index (χ0) is 17.2. The van der Waals surface area contributed by atoms with Crippen molar-refractivity contribution in [1.82, 2.24) is 15.5 Å². The summed E-state index contributed by atoms with van der Waals surface area (Å²) in [6, 6.07) is 8.41. The third kappa shape index (κ3) is 7.81. The maximum absolute atomic E-state index is 5.22. The largest absolute Gasteiger partial charge is 0.497 e. The van der Waals surface area contributed by atoms with Gasteiger partial charge in [-0.3, -0.25) is 9.89 Å². The number of aliphatic imine (C=N–C) groups is 1. The van der Waals surface area contributed by atoms with E-state index < -0.39 is 0 Å². The molecule has 0 amide bonds. The summed E-state index contributed by atoms with van der Waals surface area (Å²) in [4.78, 5) is 6.81. The Morgan fingerprint density at radius 2 is 1.88 bits per heavy atom. The number of nitrogens with zero attached hydrogens (tertiary/aromatic N) is 2. The number of hydrogen-bond acceptors (Lipinski definition) is 3. The van der Waals surface area contributed by atoms with E-state index in [2.05, 4.69) is 39.6 Å². The first-order chi connectivity index (χ1) is 11.7. The molecule has 1 aliphatic heterocycles. The van der Waals surface area contributed by atoms with E-state index in [9.17, 15) is 0 Å². The van der Waals surface area contributed by atoms with Gasteiger partial charge in [0.2, 0.25) is 0 Å². The predicted molar refractivity (Wildman–Crippen MR) is 116 cm³/mol. The van der Waals surface area contributed by atoms with Crippen LogP contribution >= 0.6 is 24.0 Å². The molecule has 0 aliphatic carbocycles. The van der Waals surface area contributed by atoms with E-state index in [1.807, 2.05) is 19.2 Å². The Kier molecular flexibility index (Phi) is 10.9. The molecule has 0 spiro atoms. The number of benzene rings is 1. The zero-order valence-corrected chi connectivity index (χ0v) is 18.1. The standard InChI is InChI=1S/C19H32N4O.HI/c1-4-11-21-19(20-2)22-14-16-9-12-23(13-10-16)15-17-5-7-18(24-3)8-6-17;/h5-8,16H,4,9-15H2,1-3H3,(H2,20,21,22);1H. The topological polar surface area (TPSA) is 48.9 Å². The van der Waals surface area contributed by atoms with Crippen LogP contribution in [0.1, 0.15) is 31.7 Å². The van der Waals surface area contributed by atoms with Crippen LogP contribution in [0.25, 0.3) is 0 Å².